The van der Waals surface area contributed by atoms with Crippen LogP contribution in [0.1, 0.15) is 310 Å². The lowest BCUT2D eigenvalue weighted by Gasteiger charge is -2.18. The van der Waals surface area contributed by atoms with Gasteiger partial charge in [-0.25, -0.2) is 0 Å². The Balaban J connectivity index is 4.41. The van der Waals surface area contributed by atoms with Crippen LogP contribution >= 0.6 is 0 Å². The molecule has 0 fully saturated rings. The molecule has 9 nitrogen and oxygen atoms in total. The molecule has 0 aliphatic carbocycles. The molecule has 0 amide bonds. The fourth-order valence-corrected chi connectivity index (χ4v) is 8.86. The number of esters is 3. The molecule has 3 N–H and O–H groups in total. The van der Waals surface area contributed by atoms with Crippen molar-refractivity contribution in [3.63, 3.8) is 0 Å². The van der Waals surface area contributed by atoms with Crippen LogP contribution < -0.4 is 0 Å². The third-order valence-corrected chi connectivity index (χ3v) is 13.3. The molecule has 0 aliphatic heterocycles. The second kappa shape index (κ2) is 51.1. The Morgan fingerprint density at radius 3 is 0.773 bits per heavy atom. The van der Waals surface area contributed by atoms with E-state index in [-0.39, 0.29) is 55.9 Å². The van der Waals surface area contributed by atoms with E-state index in [1.807, 2.05) is 0 Å². The lowest BCUT2D eigenvalue weighted by atomic mass is 10.0. The zero-order chi connectivity index (χ0) is 48.4. The van der Waals surface area contributed by atoms with Crippen LogP contribution in [0.4, 0.5) is 0 Å². The first-order valence-corrected chi connectivity index (χ1v) is 28.8. The number of carbonyl (C=O) groups excluding carboxylic acids is 3. The van der Waals surface area contributed by atoms with Gasteiger partial charge in [-0.05, 0) is 57.8 Å². The lowest BCUT2D eigenvalue weighted by Crippen LogP contribution is -2.30. The van der Waals surface area contributed by atoms with Gasteiger partial charge < -0.3 is 29.5 Å². The van der Waals surface area contributed by atoms with E-state index in [1.54, 1.807) is 0 Å². The third kappa shape index (κ3) is 48.7. The first kappa shape index (κ1) is 64.3. The molecule has 0 spiro atoms. The minimum absolute atomic E-state index is 0.112. The molecule has 0 aromatic rings. The van der Waals surface area contributed by atoms with Crippen molar-refractivity contribution in [3.8, 4) is 0 Å². The van der Waals surface area contributed by atoms with Crippen LogP contribution in [0.25, 0.3) is 0 Å². The predicted octanol–water partition coefficient (Wildman–Crippen LogP) is 15.7. The summed E-state index contributed by atoms with van der Waals surface area (Å²) in [7, 11) is 0. The normalized spacial score (nSPS) is 13.0. The molecule has 3 atom stereocenters. The smallest absolute Gasteiger partial charge is 0.306 e. The van der Waals surface area contributed by atoms with Crippen molar-refractivity contribution in [2.24, 2.45) is 0 Å². The molecule has 0 heterocycles. The van der Waals surface area contributed by atoms with Crippen molar-refractivity contribution in [1.29, 1.82) is 0 Å². The van der Waals surface area contributed by atoms with Crippen molar-refractivity contribution in [2.45, 2.75) is 334 Å². The van der Waals surface area contributed by atoms with Gasteiger partial charge in [0, 0.05) is 19.3 Å². The van der Waals surface area contributed by atoms with Crippen LogP contribution in [0.5, 0.6) is 0 Å². The molecule has 9 heteroatoms. The van der Waals surface area contributed by atoms with E-state index in [0.717, 1.165) is 161 Å². The van der Waals surface area contributed by atoms with Gasteiger partial charge in [-0.1, -0.05) is 233 Å². The number of rotatable bonds is 53. The Morgan fingerprint density at radius 1 is 0.303 bits per heavy atom. The summed E-state index contributed by atoms with van der Waals surface area (Å²) in [5, 5.41) is 30.5. The van der Waals surface area contributed by atoms with Crippen molar-refractivity contribution < 1.29 is 43.9 Å². The zero-order valence-corrected chi connectivity index (χ0v) is 43.8. The van der Waals surface area contributed by atoms with Crippen molar-refractivity contribution >= 4 is 17.9 Å². The Bertz CT molecular complexity index is 983. The van der Waals surface area contributed by atoms with Crippen LogP contribution in [-0.4, -0.2) is 70.9 Å². The fourth-order valence-electron chi connectivity index (χ4n) is 8.86. The average molecular weight is 939 g/mol. The second-order valence-electron chi connectivity index (χ2n) is 20.1. The molecule has 0 unspecified atom stereocenters. The standard InChI is InChI=1S/C57H110O9/c1-4-7-10-31-40-51(58)43-34-25-19-13-16-22-28-37-46-55(61)64-49-54(66-57(63)48-39-30-24-18-15-21-27-36-45-53(60)42-33-12-9-6-3)50-65-56(62)47-38-29-23-17-14-20-26-35-44-52(59)41-32-11-8-5-2/h51-54,58-60H,4-50H2,1-3H3/t51-,52-,53-/m1/s1. The van der Waals surface area contributed by atoms with Gasteiger partial charge in [-0.2, -0.15) is 0 Å². The Labute approximate surface area is 407 Å². The molecular formula is C57H110O9. The predicted molar refractivity (Wildman–Crippen MR) is 275 cm³/mol. The maximum atomic E-state index is 12.8. The van der Waals surface area contributed by atoms with Gasteiger partial charge >= 0.3 is 17.9 Å². The van der Waals surface area contributed by atoms with Gasteiger partial charge in [-0.3, -0.25) is 14.4 Å². The molecule has 0 aliphatic rings. The molecule has 0 aromatic carbocycles. The van der Waals surface area contributed by atoms with Gasteiger partial charge in [0.05, 0.1) is 18.3 Å². The Hall–Kier alpha value is -1.71. The Kier molecular flexibility index (Phi) is 49.8. The molecule has 0 rings (SSSR count). The summed E-state index contributed by atoms with van der Waals surface area (Å²) < 4.78 is 16.8. The van der Waals surface area contributed by atoms with Gasteiger partial charge in [0.1, 0.15) is 13.2 Å². The number of aliphatic hydroxyl groups excluding tert-OH is 3. The minimum atomic E-state index is -0.815. The van der Waals surface area contributed by atoms with Crippen LogP contribution in [0.15, 0.2) is 0 Å². The summed E-state index contributed by atoms with van der Waals surface area (Å²) >= 11 is 0. The molecule has 0 bridgehead atoms. The van der Waals surface area contributed by atoms with Crippen LogP contribution in [0.3, 0.4) is 0 Å². The van der Waals surface area contributed by atoms with Crippen molar-refractivity contribution in [3.05, 3.63) is 0 Å². The van der Waals surface area contributed by atoms with Crippen molar-refractivity contribution in [1.82, 2.24) is 0 Å². The van der Waals surface area contributed by atoms with E-state index < -0.39 is 6.10 Å². The fraction of sp³-hybridized carbons (Fsp3) is 0.947. The summed E-state index contributed by atoms with van der Waals surface area (Å²) in [5.41, 5.74) is 0. The number of unbranched alkanes of at least 4 members (excludes halogenated alkanes) is 30. The quantitative estimate of drug-likeness (QED) is 0.0309. The summed E-state index contributed by atoms with van der Waals surface area (Å²) in [4.78, 5) is 38.1. The summed E-state index contributed by atoms with van der Waals surface area (Å²) in [5.74, 6) is -0.980. The highest BCUT2D eigenvalue weighted by atomic mass is 16.6. The number of hydrogen-bond donors (Lipinski definition) is 3. The molecule has 0 saturated heterocycles. The topological polar surface area (TPSA) is 140 Å². The van der Waals surface area contributed by atoms with Gasteiger partial charge in [0.2, 0.25) is 0 Å². The number of carbonyl (C=O) groups is 3. The second-order valence-corrected chi connectivity index (χ2v) is 20.1. The summed E-state index contributed by atoms with van der Waals surface area (Å²) in [6.07, 6.45) is 45.4. The highest BCUT2D eigenvalue weighted by Crippen LogP contribution is 2.18. The minimum Gasteiger partial charge on any atom is -0.462 e. The van der Waals surface area contributed by atoms with E-state index in [0.29, 0.717) is 12.8 Å². The van der Waals surface area contributed by atoms with Gasteiger partial charge in [0.15, 0.2) is 6.10 Å². The van der Waals surface area contributed by atoms with Gasteiger partial charge in [0.25, 0.3) is 0 Å². The van der Waals surface area contributed by atoms with Crippen LogP contribution in [-0.2, 0) is 28.6 Å². The van der Waals surface area contributed by atoms with E-state index in [4.69, 9.17) is 14.2 Å². The summed E-state index contributed by atoms with van der Waals surface area (Å²) in [6.45, 7) is 6.41. The number of ether oxygens (including phenoxy) is 3. The molecule has 392 valence electrons. The average Bonchev–Trinajstić information content (AvgIpc) is 3.30. The highest BCUT2D eigenvalue weighted by molar-refractivity contribution is 5.71. The number of aliphatic hydroxyl groups is 3. The Morgan fingerprint density at radius 2 is 0.515 bits per heavy atom. The van der Waals surface area contributed by atoms with Crippen molar-refractivity contribution in [2.75, 3.05) is 13.2 Å². The largest absolute Gasteiger partial charge is 0.462 e. The highest BCUT2D eigenvalue weighted by Gasteiger charge is 2.20. The first-order valence-electron chi connectivity index (χ1n) is 28.8. The maximum absolute atomic E-state index is 12.8. The zero-order valence-electron chi connectivity index (χ0n) is 43.8. The SMILES string of the molecule is CCCCCC[C@@H](O)CCCCCCCCCCC(=O)OCC(COC(=O)CCCCCCCCCC[C@H](O)CCCCCC)OC(=O)CCCCCCCCCC[C@H](O)CCCCCC. The maximum Gasteiger partial charge on any atom is 0.306 e. The first-order chi connectivity index (χ1) is 32.2. The van der Waals surface area contributed by atoms with E-state index in [1.165, 1.54) is 109 Å². The van der Waals surface area contributed by atoms with Crippen LogP contribution in [0.2, 0.25) is 0 Å². The molecule has 0 aromatic heterocycles. The van der Waals surface area contributed by atoms with Crippen LogP contribution in [0, 0.1) is 0 Å². The van der Waals surface area contributed by atoms with E-state index >= 15 is 0 Å². The van der Waals surface area contributed by atoms with E-state index in [9.17, 15) is 29.7 Å². The molecular weight excluding hydrogens is 829 g/mol. The molecule has 0 saturated carbocycles. The molecule has 66 heavy (non-hydrogen) atoms. The van der Waals surface area contributed by atoms with E-state index in [2.05, 4.69) is 20.8 Å². The lowest BCUT2D eigenvalue weighted by molar-refractivity contribution is -0.167. The van der Waals surface area contributed by atoms with Gasteiger partial charge in [-0.15, -0.1) is 0 Å². The third-order valence-electron chi connectivity index (χ3n) is 13.3. The summed E-state index contributed by atoms with van der Waals surface area (Å²) in [6, 6.07) is 0. The number of hydrogen-bond acceptors (Lipinski definition) is 9. The monoisotopic (exact) mass is 939 g/mol. The molecule has 0 radical (unpaired) electrons.